The van der Waals surface area contributed by atoms with E-state index in [2.05, 4.69) is 49.6 Å². The van der Waals surface area contributed by atoms with Gasteiger partial charge in [0.2, 0.25) is 5.91 Å². The molecule has 0 spiro atoms. The highest BCUT2D eigenvalue weighted by atomic mass is 16.1. The number of benzene rings is 1. The average Bonchev–Trinajstić information content (AvgIpc) is 2.71. The van der Waals surface area contributed by atoms with Crippen molar-refractivity contribution in [3.05, 3.63) is 29.3 Å². The van der Waals surface area contributed by atoms with Crippen molar-refractivity contribution in [2.24, 2.45) is 0 Å². The molecule has 0 unspecified atom stereocenters. The van der Waals surface area contributed by atoms with Crippen molar-refractivity contribution in [2.45, 2.75) is 111 Å². The summed E-state index contributed by atoms with van der Waals surface area (Å²) in [6, 6.07) is 6.27. The fourth-order valence-electron chi connectivity index (χ4n) is 3.71. The molecular formula is C26H46N2O. The van der Waals surface area contributed by atoms with Crippen molar-refractivity contribution in [3.8, 4) is 0 Å². The molecule has 0 aromatic heterocycles. The number of carbonyl (C=O) groups is 1. The summed E-state index contributed by atoms with van der Waals surface area (Å²) in [7, 11) is 0. The fraction of sp³-hybridized carbons (Fsp3) is 0.731. The highest BCUT2D eigenvalue weighted by Crippen LogP contribution is 2.16. The Hall–Kier alpha value is -1.51. The molecule has 3 heteroatoms. The molecule has 29 heavy (non-hydrogen) atoms. The van der Waals surface area contributed by atoms with Crippen LogP contribution < -0.4 is 10.6 Å². The van der Waals surface area contributed by atoms with E-state index in [9.17, 15) is 4.79 Å². The van der Waals surface area contributed by atoms with E-state index in [4.69, 9.17) is 0 Å². The van der Waals surface area contributed by atoms with E-state index in [-0.39, 0.29) is 5.91 Å². The molecule has 0 heterocycles. The Kier molecular flexibility index (Phi) is 15.3. The highest BCUT2D eigenvalue weighted by Gasteiger charge is 2.03. The average molecular weight is 403 g/mol. The van der Waals surface area contributed by atoms with Gasteiger partial charge in [-0.1, -0.05) is 103 Å². The number of unbranched alkanes of at least 4 members (excludes halogenated alkanes) is 13. The Morgan fingerprint density at radius 2 is 1.28 bits per heavy atom. The zero-order valence-corrected chi connectivity index (χ0v) is 19.5. The van der Waals surface area contributed by atoms with E-state index >= 15 is 0 Å². The van der Waals surface area contributed by atoms with Gasteiger partial charge in [0.25, 0.3) is 0 Å². The molecule has 2 N–H and O–H groups in total. The minimum Gasteiger partial charge on any atom is -0.376 e. The third-order valence-corrected chi connectivity index (χ3v) is 5.68. The first-order chi connectivity index (χ1) is 14.1. The maximum Gasteiger partial charge on any atom is 0.239 e. The largest absolute Gasteiger partial charge is 0.376 e. The van der Waals surface area contributed by atoms with Gasteiger partial charge in [-0.05, 0) is 37.5 Å². The zero-order valence-electron chi connectivity index (χ0n) is 19.5. The van der Waals surface area contributed by atoms with Crippen molar-refractivity contribution >= 4 is 11.6 Å². The summed E-state index contributed by atoms with van der Waals surface area (Å²) in [5.41, 5.74) is 3.44. The summed E-state index contributed by atoms with van der Waals surface area (Å²) < 4.78 is 0. The molecular weight excluding hydrogens is 356 g/mol. The molecule has 1 aromatic rings. The number of hydrogen-bond donors (Lipinski definition) is 2. The molecule has 166 valence electrons. The molecule has 1 rings (SSSR count). The maximum atomic E-state index is 12.0. The number of nitrogens with one attached hydrogen (secondary N) is 2. The Morgan fingerprint density at radius 3 is 1.83 bits per heavy atom. The SMILES string of the molecule is CCCCCCCCCCCCCCCCNC(=O)CNc1cc(C)ccc1C. The van der Waals surface area contributed by atoms with Crippen molar-refractivity contribution in [2.75, 3.05) is 18.4 Å². The predicted molar refractivity (Wildman–Crippen MR) is 128 cm³/mol. The van der Waals surface area contributed by atoms with E-state index < -0.39 is 0 Å². The molecule has 0 aliphatic rings. The smallest absolute Gasteiger partial charge is 0.239 e. The third-order valence-electron chi connectivity index (χ3n) is 5.68. The van der Waals surface area contributed by atoms with Crippen LogP contribution in [0.15, 0.2) is 18.2 Å². The second-order valence-corrected chi connectivity index (χ2v) is 8.62. The van der Waals surface area contributed by atoms with E-state index in [0.29, 0.717) is 6.54 Å². The van der Waals surface area contributed by atoms with Crippen molar-refractivity contribution in [1.29, 1.82) is 0 Å². The summed E-state index contributed by atoms with van der Waals surface area (Å²) in [4.78, 5) is 12.0. The van der Waals surface area contributed by atoms with Gasteiger partial charge in [0.15, 0.2) is 0 Å². The van der Waals surface area contributed by atoms with Gasteiger partial charge in [-0.2, -0.15) is 0 Å². The Balaban J connectivity index is 1.86. The lowest BCUT2D eigenvalue weighted by molar-refractivity contribution is -0.119. The second-order valence-electron chi connectivity index (χ2n) is 8.62. The summed E-state index contributed by atoms with van der Waals surface area (Å²) in [5.74, 6) is 0.0839. The van der Waals surface area contributed by atoms with Gasteiger partial charge in [0, 0.05) is 12.2 Å². The molecule has 0 saturated heterocycles. The van der Waals surface area contributed by atoms with Crippen LogP contribution in [0.2, 0.25) is 0 Å². The Bertz CT molecular complexity index is 542. The Labute approximate surface area is 180 Å². The third kappa shape index (κ3) is 14.2. The van der Waals surface area contributed by atoms with Crippen LogP contribution in [0.25, 0.3) is 0 Å². The molecule has 1 amide bonds. The van der Waals surface area contributed by atoms with Gasteiger partial charge in [-0.15, -0.1) is 0 Å². The van der Waals surface area contributed by atoms with E-state index in [1.165, 1.54) is 94.6 Å². The molecule has 0 atom stereocenters. The van der Waals surface area contributed by atoms with Crippen LogP contribution in [0.1, 0.15) is 108 Å². The van der Waals surface area contributed by atoms with Gasteiger partial charge >= 0.3 is 0 Å². The Morgan fingerprint density at radius 1 is 0.759 bits per heavy atom. The van der Waals surface area contributed by atoms with Crippen LogP contribution in [0.4, 0.5) is 5.69 Å². The van der Waals surface area contributed by atoms with Gasteiger partial charge in [0.05, 0.1) is 6.54 Å². The first kappa shape index (κ1) is 25.5. The first-order valence-electron chi connectivity index (χ1n) is 12.2. The van der Waals surface area contributed by atoms with E-state index in [1.54, 1.807) is 0 Å². The molecule has 3 nitrogen and oxygen atoms in total. The molecule has 0 bridgehead atoms. The lowest BCUT2D eigenvalue weighted by Crippen LogP contribution is -2.30. The van der Waals surface area contributed by atoms with Crippen LogP contribution >= 0.6 is 0 Å². The molecule has 0 fully saturated rings. The van der Waals surface area contributed by atoms with Crippen LogP contribution in [0.5, 0.6) is 0 Å². The lowest BCUT2D eigenvalue weighted by Gasteiger charge is -2.11. The number of amides is 1. The van der Waals surface area contributed by atoms with Gasteiger partial charge < -0.3 is 10.6 Å². The molecule has 0 aliphatic heterocycles. The van der Waals surface area contributed by atoms with Crippen LogP contribution in [-0.4, -0.2) is 19.0 Å². The van der Waals surface area contributed by atoms with Crippen molar-refractivity contribution in [3.63, 3.8) is 0 Å². The summed E-state index contributed by atoms with van der Waals surface area (Å²) in [6.45, 7) is 7.56. The number of rotatable bonds is 18. The van der Waals surface area contributed by atoms with Crippen LogP contribution in [-0.2, 0) is 4.79 Å². The predicted octanol–water partition coefficient (Wildman–Crippen LogP) is 7.31. The summed E-state index contributed by atoms with van der Waals surface area (Å²) >= 11 is 0. The molecule has 0 radical (unpaired) electrons. The number of anilines is 1. The van der Waals surface area contributed by atoms with Crippen molar-refractivity contribution < 1.29 is 4.79 Å². The monoisotopic (exact) mass is 402 g/mol. The topological polar surface area (TPSA) is 41.1 Å². The highest BCUT2D eigenvalue weighted by molar-refractivity contribution is 5.80. The van der Waals surface area contributed by atoms with E-state index in [0.717, 1.165) is 18.7 Å². The van der Waals surface area contributed by atoms with Gasteiger partial charge in [0.1, 0.15) is 0 Å². The zero-order chi connectivity index (χ0) is 21.2. The fourth-order valence-corrected chi connectivity index (χ4v) is 3.71. The lowest BCUT2D eigenvalue weighted by atomic mass is 10.0. The van der Waals surface area contributed by atoms with Crippen LogP contribution in [0.3, 0.4) is 0 Å². The minimum absolute atomic E-state index is 0.0839. The molecule has 0 aliphatic carbocycles. The number of carbonyl (C=O) groups excluding carboxylic acids is 1. The number of hydrogen-bond acceptors (Lipinski definition) is 2. The van der Waals surface area contributed by atoms with Crippen LogP contribution in [0, 0.1) is 13.8 Å². The van der Waals surface area contributed by atoms with E-state index in [1.807, 2.05) is 0 Å². The maximum absolute atomic E-state index is 12.0. The number of aryl methyl sites for hydroxylation is 2. The second kappa shape index (κ2) is 17.4. The molecule has 0 saturated carbocycles. The first-order valence-corrected chi connectivity index (χ1v) is 12.2. The van der Waals surface area contributed by atoms with Gasteiger partial charge in [-0.25, -0.2) is 0 Å². The summed E-state index contributed by atoms with van der Waals surface area (Å²) in [5, 5.41) is 6.27. The van der Waals surface area contributed by atoms with Crippen molar-refractivity contribution in [1.82, 2.24) is 5.32 Å². The normalized spacial score (nSPS) is 10.9. The quantitative estimate of drug-likeness (QED) is 0.253. The van der Waals surface area contributed by atoms with Gasteiger partial charge in [-0.3, -0.25) is 4.79 Å². The minimum atomic E-state index is 0.0839. The summed E-state index contributed by atoms with van der Waals surface area (Å²) in [6.07, 6.45) is 19.1. The standard InChI is InChI=1S/C26H46N2O/c1-4-5-6-7-8-9-10-11-12-13-14-15-16-17-20-27-26(29)22-28-25-21-23(2)18-19-24(25)3/h18-19,21,28H,4-17,20,22H2,1-3H3,(H,27,29). The molecule has 1 aromatic carbocycles.